The smallest absolute Gasteiger partial charge is 0.306 e. The highest BCUT2D eigenvalue weighted by atomic mass is 79.9. The lowest BCUT2D eigenvalue weighted by molar-refractivity contribution is 0.630. The largest absolute Gasteiger partial charge is 0.323 e. The number of fused-ring (bicyclic) bond motifs is 1. The predicted molar refractivity (Wildman–Crippen MR) is 87.0 cm³/mol. The van der Waals surface area contributed by atoms with Crippen LogP contribution in [0.4, 0.5) is 0 Å². The van der Waals surface area contributed by atoms with Gasteiger partial charge in [0.15, 0.2) is 0 Å². The molecule has 0 spiro atoms. The summed E-state index contributed by atoms with van der Waals surface area (Å²) < 4.78 is 1.03. The van der Waals surface area contributed by atoms with Gasteiger partial charge in [0.1, 0.15) is 0 Å². The Morgan fingerprint density at radius 3 is 2.53 bits per heavy atom. The van der Waals surface area contributed by atoms with Gasteiger partial charge in [0.2, 0.25) is 0 Å². The van der Waals surface area contributed by atoms with Crippen molar-refractivity contribution in [2.24, 2.45) is 0 Å². The lowest BCUT2D eigenvalue weighted by atomic mass is 10.0. The van der Waals surface area contributed by atoms with Crippen LogP contribution in [0.15, 0.2) is 21.4 Å². The van der Waals surface area contributed by atoms with Crippen LogP contribution in [0.1, 0.15) is 49.4 Å². The first-order valence-electron chi connectivity index (χ1n) is 6.67. The molecule has 1 aromatic carbocycles. The van der Waals surface area contributed by atoms with E-state index in [1.54, 1.807) is 0 Å². The molecular weight excluding hydrogens is 372 g/mol. The summed E-state index contributed by atoms with van der Waals surface area (Å²) >= 11 is 7.33. The Hall–Kier alpha value is -0.550. The molecule has 2 N–H and O–H groups in total. The molecule has 0 aliphatic rings. The molecule has 0 radical (unpaired) electrons. The number of benzene rings is 1. The van der Waals surface area contributed by atoms with E-state index in [0.29, 0.717) is 4.83 Å². The first kappa shape index (κ1) is 14.9. The Morgan fingerprint density at radius 1 is 1.16 bits per heavy atom. The van der Waals surface area contributed by atoms with E-state index in [1.807, 2.05) is 12.1 Å². The van der Waals surface area contributed by atoms with Gasteiger partial charge >= 0.3 is 5.69 Å². The molecule has 3 nitrogen and oxygen atoms in total. The number of hydrogen-bond acceptors (Lipinski definition) is 1. The highest BCUT2D eigenvalue weighted by molar-refractivity contribution is 9.11. The third-order valence-corrected chi connectivity index (χ3v) is 4.92. The molecule has 5 heteroatoms. The summed E-state index contributed by atoms with van der Waals surface area (Å²) in [6.45, 7) is 2.22. The van der Waals surface area contributed by atoms with Gasteiger partial charge in [-0.2, -0.15) is 0 Å². The van der Waals surface area contributed by atoms with Gasteiger partial charge in [-0.25, -0.2) is 4.79 Å². The fraction of sp³-hybridized carbons (Fsp3) is 0.500. The van der Waals surface area contributed by atoms with E-state index in [0.717, 1.165) is 21.9 Å². The van der Waals surface area contributed by atoms with E-state index < -0.39 is 0 Å². The number of aromatic nitrogens is 2. The van der Waals surface area contributed by atoms with Crippen LogP contribution in [-0.4, -0.2) is 9.97 Å². The molecule has 0 bridgehead atoms. The lowest BCUT2D eigenvalue weighted by Gasteiger charge is -2.12. The summed E-state index contributed by atoms with van der Waals surface area (Å²) in [6, 6.07) is 4.00. The molecule has 2 aromatic rings. The number of nitrogens with one attached hydrogen (secondary N) is 2. The fourth-order valence-electron chi connectivity index (χ4n) is 2.22. The Bertz CT molecular complexity index is 603. The molecule has 104 valence electrons. The second kappa shape index (κ2) is 6.75. The Kier molecular flexibility index (Phi) is 5.28. The van der Waals surface area contributed by atoms with E-state index in [1.165, 1.54) is 31.2 Å². The first-order valence-corrected chi connectivity index (χ1v) is 8.38. The summed E-state index contributed by atoms with van der Waals surface area (Å²) in [6.07, 6.45) is 6.16. The van der Waals surface area contributed by atoms with Gasteiger partial charge in [0.05, 0.1) is 11.0 Å². The second-order valence-electron chi connectivity index (χ2n) is 4.82. The van der Waals surface area contributed by atoms with Crippen LogP contribution in [0, 0.1) is 0 Å². The van der Waals surface area contributed by atoms with Crippen molar-refractivity contribution in [1.29, 1.82) is 0 Å². The number of imidazole rings is 1. The first-order chi connectivity index (χ1) is 9.11. The minimum absolute atomic E-state index is 0.159. The highest BCUT2D eigenvalue weighted by Crippen LogP contribution is 2.35. The van der Waals surface area contributed by atoms with Crippen LogP contribution in [-0.2, 0) is 0 Å². The van der Waals surface area contributed by atoms with Crippen molar-refractivity contribution in [3.8, 4) is 0 Å². The molecule has 0 amide bonds. The number of unbranched alkanes of at least 4 members (excludes halogenated alkanes) is 3. The predicted octanol–water partition coefficient (Wildman–Crippen LogP) is 5.03. The number of aromatic amines is 2. The Morgan fingerprint density at radius 2 is 1.84 bits per heavy atom. The summed E-state index contributed by atoms with van der Waals surface area (Å²) in [5.74, 6) is 0. The van der Waals surface area contributed by atoms with Gasteiger partial charge in [-0.15, -0.1) is 0 Å². The molecule has 0 aliphatic heterocycles. The zero-order valence-corrected chi connectivity index (χ0v) is 14.1. The van der Waals surface area contributed by atoms with Gasteiger partial charge in [0.25, 0.3) is 0 Å². The maximum absolute atomic E-state index is 11.3. The number of rotatable bonds is 6. The monoisotopic (exact) mass is 388 g/mol. The molecule has 0 fully saturated rings. The second-order valence-corrected chi connectivity index (χ2v) is 6.77. The molecule has 0 saturated carbocycles. The van der Waals surface area contributed by atoms with Crippen molar-refractivity contribution in [3.05, 3.63) is 32.7 Å². The maximum Gasteiger partial charge on any atom is 0.323 e. The Balaban J connectivity index is 2.14. The molecule has 19 heavy (non-hydrogen) atoms. The summed E-state index contributed by atoms with van der Waals surface area (Å²) in [4.78, 5) is 17.2. The highest BCUT2D eigenvalue weighted by Gasteiger charge is 2.13. The lowest BCUT2D eigenvalue weighted by Crippen LogP contribution is -1.99. The van der Waals surface area contributed by atoms with Gasteiger partial charge in [-0.1, -0.05) is 64.5 Å². The molecule has 1 atom stereocenters. The normalized spacial score (nSPS) is 13.0. The molecule has 1 aromatic heterocycles. The summed E-state index contributed by atoms with van der Waals surface area (Å²) in [5.41, 5.74) is 2.74. The molecule has 0 saturated heterocycles. The average molecular weight is 390 g/mol. The van der Waals surface area contributed by atoms with Crippen LogP contribution in [0.2, 0.25) is 0 Å². The van der Waals surface area contributed by atoms with E-state index in [4.69, 9.17) is 0 Å². The number of hydrogen-bond donors (Lipinski definition) is 2. The van der Waals surface area contributed by atoms with Gasteiger partial charge in [-0.05, 0) is 24.1 Å². The molecule has 1 unspecified atom stereocenters. The van der Waals surface area contributed by atoms with Crippen molar-refractivity contribution < 1.29 is 0 Å². The topological polar surface area (TPSA) is 48.6 Å². The SMILES string of the molecule is CCCCCCC(Br)c1cc2[nH]c(=O)[nH]c2cc1Br. The number of halogens is 2. The van der Waals surface area contributed by atoms with Crippen molar-refractivity contribution in [2.45, 2.75) is 43.9 Å². The van der Waals surface area contributed by atoms with Gasteiger partial charge in [-0.3, -0.25) is 0 Å². The summed E-state index contributed by atoms with van der Waals surface area (Å²) in [7, 11) is 0. The van der Waals surface area contributed by atoms with E-state index in [9.17, 15) is 4.79 Å². The molecule has 1 heterocycles. The van der Waals surface area contributed by atoms with Gasteiger partial charge < -0.3 is 9.97 Å². The van der Waals surface area contributed by atoms with E-state index >= 15 is 0 Å². The molecule has 0 aliphatic carbocycles. The van der Waals surface area contributed by atoms with E-state index in [2.05, 4.69) is 48.8 Å². The average Bonchev–Trinajstić information content (AvgIpc) is 2.72. The zero-order chi connectivity index (χ0) is 13.8. The Labute approximate surface area is 129 Å². The van der Waals surface area contributed by atoms with Crippen molar-refractivity contribution in [2.75, 3.05) is 0 Å². The van der Waals surface area contributed by atoms with Crippen molar-refractivity contribution in [3.63, 3.8) is 0 Å². The van der Waals surface area contributed by atoms with Crippen LogP contribution in [0.3, 0.4) is 0 Å². The van der Waals surface area contributed by atoms with Gasteiger partial charge in [0, 0.05) is 9.30 Å². The van der Waals surface area contributed by atoms with Crippen LogP contribution < -0.4 is 5.69 Å². The van der Waals surface area contributed by atoms with Crippen LogP contribution >= 0.6 is 31.9 Å². The summed E-state index contributed by atoms with van der Waals surface area (Å²) in [5, 5.41) is 0. The maximum atomic E-state index is 11.3. The quantitative estimate of drug-likeness (QED) is 0.528. The third-order valence-electron chi connectivity index (χ3n) is 3.28. The molecule has 2 rings (SSSR count). The third kappa shape index (κ3) is 3.72. The standard InChI is InChI=1S/C14H18Br2N2O/c1-2-3-4-5-6-10(15)9-7-12-13(8-11(9)16)18-14(19)17-12/h7-8,10H,2-6H2,1H3,(H2,17,18,19). The van der Waals surface area contributed by atoms with E-state index in [-0.39, 0.29) is 5.69 Å². The van der Waals surface area contributed by atoms with Crippen molar-refractivity contribution in [1.82, 2.24) is 9.97 Å². The minimum Gasteiger partial charge on any atom is -0.306 e. The minimum atomic E-state index is -0.159. The number of alkyl halides is 1. The zero-order valence-electron chi connectivity index (χ0n) is 10.9. The van der Waals surface area contributed by atoms with Crippen LogP contribution in [0.5, 0.6) is 0 Å². The fourth-order valence-corrected chi connectivity index (χ4v) is 3.85. The van der Waals surface area contributed by atoms with Crippen LogP contribution in [0.25, 0.3) is 11.0 Å². The van der Waals surface area contributed by atoms with Crippen molar-refractivity contribution >= 4 is 42.9 Å². The molecular formula is C14H18Br2N2O. The number of H-pyrrole nitrogens is 2.